The van der Waals surface area contributed by atoms with Crippen molar-refractivity contribution in [3.63, 3.8) is 0 Å². The SMILES string of the molecule is CC/C=C\C/C=C\C/C=C\CCCCCC(=O)OC(COC(=O)CCCCCCC/C=C\CCCCCC)COP(=O)(O)OCCN. The molecule has 0 aromatic carbocycles. The van der Waals surface area contributed by atoms with Crippen molar-refractivity contribution < 1.29 is 37.6 Å². The van der Waals surface area contributed by atoms with Crippen LogP contribution in [0.1, 0.15) is 142 Å². The highest BCUT2D eigenvalue weighted by Crippen LogP contribution is 2.43. The summed E-state index contributed by atoms with van der Waals surface area (Å²) < 4.78 is 32.5. The minimum Gasteiger partial charge on any atom is -0.462 e. The minimum absolute atomic E-state index is 0.0456. The van der Waals surface area contributed by atoms with Crippen molar-refractivity contribution >= 4 is 19.8 Å². The molecule has 47 heavy (non-hydrogen) atoms. The molecule has 272 valence electrons. The Bertz CT molecular complexity index is 918. The summed E-state index contributed by atoms with van der Waals surface area (Å²) in [5, 5.41) is 0. The van der Waals surface area contributed by atoms with E-state index in [9.17, 15) is 19.0 Å². The molecule has 0 spiro atoms. The third kappa shape index (κ3) is 33.7. The monoisotopic (exact) mass is 683 g/mol. The van der Waals surface area contributed by atoms with Gasteiger partial charge in [-0.1, -0.05) is 107 Å². The van der Waals surface area contributed by atoms with Crippen LogP contribution in [-0.4, -0.2) is 49.3 Å². The number of phosphoric acid groups is 1. The summed E-state index contributed by atoms with van der Waals surface area (Å²) in [5.74, 6) is -0.880. The first-order valence-corrected chi connectivity index (χ1v) is 19.6. The number of rotatable bonds is 33. The summed E-state index contributed by atoms with van der Waals surface area (Å²) in [4.78, 5) is 34.6. The molecule has 2 unspecified atom stereocenters. The minimum atomic E-state index is -4.38. The Kier molecular flexibility index (Phi) is 32.4. The molecule has 0 rings (SSSR count). The maximum absolute atomic E-state index is 12.5. The molecule has 0 amide bonds. The van der Waals surface area contributed by atoms with E-state index in [0.717, 1.165) is 70.6 Å². The van der Waals surface area contributed by atoms with Crippen molar-refractivity contribution in [2.24, 2.45) is 5.73 Å². The number of carbonyl (C=O) groups excluding carboxylic acids is 2. The second-order valence-corrected chi connectivity index (χ2v) is 13.2. The summed E-state index contributed by atoms with van der Waals surface area (Å²) in [6, 6.07) is 0. The van der Waals surface area contributed by atoms with Crippen LogP contribution in [-0.2, 0) is 32.7 Å². The molecule has 0 bridgehead atoms. The van der Waals surface area contributed by atoms with Crippen LogP contribution in [0.3, 0.4) is 0 Å². The molecule has 0 heterocycles. The average Bonchev–Trinajstić information content (AvgIpc) is 3.05. The number of ether oxygens (including phenoxy) is 2. The fourth-order valence-electron chi connectivity index (χ4n) is 4.52. The van der Waals surface area contributed by atoms with Crippen LogP contribution in [0.5, 0.6) is 0 Å². The summed E-state index contributed by atoms with van der Waals surface area (Å²) >= 11 is 0. The lowest BCUT2D eigenvalue weighted by atomic mass is 10.1. The fourth-order valence-corrected chi connectivity index (χ4v) is 5.29. The molecule has 0 fully saturated rings. The van der Waals surface area contributed by atoms with Crippen LogP contribution in [0, 0.1) is 0 Å². The fraction of sp³-hybridized carbons (Fsp3) is 0.730. The largest absolute Gasteiger partial charge is 0.472 e. The Hall–Kier alpha value is -2.03. The molecule has 0 aromatic heterocycles. The van der Waals surface area contributed by atoms with Gasteiger partial charge in [0.1, 0.15) is 6.61 Å². The molecular formula is C37H66NO8P. The predicted molar refractivity (Wildman–Crippen MR) is 192 cm³/mol. The van der Waals surface area contributed by atoms with Crippen molar-refractivity contribution in [1.29, 1.82) is 0 Å². The Morgan fingerprint density at radius 2 is 1.17 bits per heavy atom. The van der Waals surface area contributed by atoms with E-state index in [0.29, 0.717) is 12.8 Å². The van der Waals surface area contributed by atoms with Gasteiger partial charge < -0.3 is 20.1 Å². The van der Waals surface area contributed by atoms with Gasteiger partial charge in [0.2, 0.25) is 0 Å². The molecule has 0 saturated heterocycles. The molecule has 10 heteroatoms. The quantitative estimate of drug-likeness (QED) is 0.0300. The Morgan fingerprint density at radius 1 is 0.660 bits per heavy atom. The lowest BCUT2D eigenvalue weighted by Crippen LogP contribution is -2.29. The maximum Gasteiger partial charge on any atom is 0.472 e. The number of phosphoric ester groups is 1. The highest BCUT2D eigenvalue weighted by atomic mass is 31.2. The first-order chi connectivity index (χ1) is 22.8. The zero-order valence-electron chi connectivity index (χ0n) is 29.5. The van der Waals surface area contributed by atoms with Crippen molar-refractivity contribution in [2.45, 2.75) is 148 Å². The smallest absolute Gasteiger partial charge is 0.462 e. The number of unbranched alkanes of at least 4 members (excludes halogenated alkanes) is 12. The Morgan fingerprint density at radius 3 is 1.79 bits per heavy atom. The van der Waals surface area contributed by atoms with E-state index in [1.165, 1.54) is 32.1 Å². The summed E-state index contributed by atoms with van der Waals surface area (Å²) in [5.41, 5.74) is 5.32. The van der Waals surface area contributed by atoms with Gasteiger partial charge in [0.05, 0.1) is 13.2 Å². The van der Waals surface area contributed by atoms with Gasteiger partial charge in [-0.2, -0.15) is 0 Å². The summed E-state index contributed by atoms with van der Waals surface area (Å²) in [6.07, 6.45) is 35.7. The lowest BCUT2D eigenvalue weighted by molar-refractivity contribution is -0.161. The standard InChI is InChI=1S/C37H66NO8P/c1-3-5-7-9-11-13-15-17-19-21-23-25-27-29-36(39)43-33-35(34-45-47(41,42)44-32-31-38)46-37(40)30-28-26-24-22-20-18-16-14-12-10-8-6-4-2/h6,8,12-15,18,20,35H,3-5,7,9-11,16-17,19,21-34,38H2,1-2H3,(H,41,42)/b8-6-,14-12-,15-13-,20-18-. The summed E-state index contributed by atoms with van der Waals surface area (Å²) in [7, 11) is -4.38. The van der Waals surface area contributed by atoms with Crippen molar-refractivity contribution in [3.8, 4) is 0 Å². The average molecular weight is 684 g/mol. The highest BCUT2D eigenvalue weighted by Gasteiger charge is 2.25. The van der Waals surface area contributed by atoms with E-state index in [4.69, 9.17) is 24.3 Å². The number of carbonyl (C=O) groups is 2. The van der Waals surface area contributed by atoms with Crippen LogP contribution >= 0.6 is 7.82 Å². The first-order valence-electron chi connectivity index (χ1n) is 18.1. The van der Waals surface area contributed by atoms with Gasteiger partial charge >= 0.3 is 19.8 Å². The van der Waals surface area contributed by atoms with E-state index in [1.807, 2.05) is 0 Å². The number of hydrogen-bond donors (Lipinski definition) is 2. The van der Waals surface area contributed by atoms with Crippen molar-refractivity contribution in [3.05, 3.63) is 48.6 Å². The normalized spacial score (nSPS) is 14.0. The topological polar surface area (TPSA) is 134 Å². The van der Waals surface area contributed by atoms with Crippen LogP contribution in [0.2, 0.25) is 0 Å². The second kappa shape index (κ2) is 33.9. The van der Waals surface area contributed by atoms with E-state index in [-0.39, 0.29) is 32.6 Å². The number of esters is 2. The number of allylic oxidation sites excluding steroid dienone is 8. The Balaban J connectivity index is 4.33. The van der Waals surface area contributed by atoms with E-state index in [2.05, 4.69) is 62.5 Å². The second-order valence-electron chi connectivity index (χ2n) is 11.7. The van der Waals surface area contributed by atoms with E-state index >= 15 is 0 Å². The highest BCUT2D eigenvalue weighted by molar-refractivity contribution is 7.47. The van der Waals surface area contributed by atoms with Crippen LogP contribution in [0.25, 0.3) is 0 Å². The van der Waals surface area contributed by atoms with Gasteiger partial charge in [-0.25, -0.2) is 4.57 Å². The molecule has 0 saturated carbocycles. The van der Waals surface area contributed by atoms with E-state index < -0.39 is 32.5 Å². The predicted octanol–water partition coefficient (Wildman–Crippen LogP) is 9.60. The molecule has 9 nitrogen and oxygen atoms in total. The molecule has 2 atom stereocenters. The van der Waals surface area contributed by atoms with Crippen molar-refractivity contribution in [1.82, 2.24) is 0 Å². The van der Waals surface area contributed by atoms with Crippen LogP contribution in [0.4, 0.5) is 0 Å². The third-order valence-corrected chi connectivity index (χ3v) is 8.18. The Labute approximate surface area is 286 Å². The van der Waals surface area contributed by atoms with Gasteiger partial charge in [0, 0.05) is 19.4 Å². The molecule has 0 aromatic rings. The van der Waals surface area contributed by atoms with Gasteiger partial charge in [-0.3, -0.25) is 18.6 Å². The zero-order chi connectivity index (χ0) is 34.7. The third-order valence-electron chi connectivity index (χ3n) is 7.20. The lowest BCUT2D eigenvalue weighted by Gasteiger charge is -2.19. The number of hydrogen-bond acceptors (Lipinski definition) is 8. The van der Waals surface area contributed by atoms with Crippen molar-refractivity contribution in [2.75, 3.05) is 26.4 Å². The molecule has 0 aliphatic carbocycles. The zero-order valence-corrected chi connectivity index (χ0v) is 30.4. The van der Waals surface area contributed by atoms with Gasteiger partial charge in [0.25, 0.3) is 0 Å². The van der Waals surface area contributed by atoms with Crippen LogP contribution < -0.4 is 5.73 Å². The van der Waals surface area contributed by atoms with Gasteiger partial charge in [-0.15, -0.1) is 0 Å². The van der Waals surface area contributed by atoms with Gasteiger partial charge in [0.15, 0.2) is 6.10 Å². The van der Waals surface area contributed by atoms with E-state index in [1.54, 1.807) is 0 Å². The molecular weight excluding hydrogens is 617 g/mol. The number of nitrogens with two attached hydrogens (primary N) is 1. The molecule has 3 N–H and O–H groups in total. The van der Waals surface area contributed by atoms with Crippen LogP contribution in [0.15, 0.2) is 48.6 Å². The first kappa shape index (κ1) is 45.0. The molecule has 0 aliphatic heterocycles. The maximum atomic E-state index is 12.5. The molecule has 0 aliphatic rings. The summed E-state index contributed by atoms with van der Waals surface area (Å²) in [6.45, 7) is 3.52. The molecule has 0 radical (unpaired) electrons. The van der Waals surface area contributed by atoms with Gasteiger partial charge in [-0.05, 0) is 70.6 Å².